The molecule has 2 aliphatic rings. The van der Waals surface area contributed by atoms with Gasteiger partial charge in [0.05, 0.1) is 13.1 Å². The molecule has 4 aromatic rings. The van der Waals surface area contributed by atoms with Crippen molar-refractivity contribution in [1.29, 1.82) is 0 Å². The zero-order chi connectivity index (χ0) is 41.3. The Balaban J connectivity index is 0.000000300. The fraction of sp³-hybridized carbons (Fsp3) is 0.412. The predicted octanol–water partition coefficient (Wildman–Crippen LogP) is 5.43. The van der Waals surface area contributed by atoms with E-state index >= 15 is 0 Å². The van der Waals surface area contributed by atoms with E-state index in [1.807, 2.05) is 0 Å². The van der Waals surface area contributed by atoms with Gasteiger partial charge < -0.3 is 30.4 Å². The molecule has 0 saturated carbocycles. The molecule has 2 aliphatic heterocycles. The Kier molecular flexibility index (Phi) is 14.7. The van der Waals surface area contributed by atoms with Crippen molar-refractivity contribution in [2.45, 2.75) is 78.7 Å². The fourth-order valence-corrected chi connectivity index (χ4v) is 5.78. The quantitative estimate of drug-likeness (QED) is 0.142. The first-order valence-electron chi connectivity index (χ1n) is 16.2. The minimum atomic E-state index is -4.66. The number of carbonyl (C=O) groups excluding carboxylic acids is 2. The van der Waals surface area contributed by atoms with E-state index in [-0.39, 0.29) is 102 Å². The van der Waals surface area contributed by atoms with Crippen LogP contribution in [-0.2, 0) is 61.0 Å². The molecule has 2 amide bonds. The van der Waals surface area contributed by atoms with E-state index in [1.165, 1.54) is 9.80 Å². The van der Waals surface area contributed by atoms with E-state index in [0.717, 1.165) is 15.2 Å². The summed E-state index contributed by atoms with van der Waals surface area (Å²) in [4.78, 5) is 27.1. The van der Waals surface area contributed by atoms with Crippen molar-refractivity contribution in [2.75, 3.05) is 13.1 Å². The molecule has 0 radical (unpaired) electrons. The number of carbonyl (C=O) groups is 2. The Hall–Kier alpha value is -5.68. The third kappa shape index (κ3) is 10.8. The van der Waals surface area contributed by atoms with Gasteiger partial charge in [-0.1, -0.05) is 14.9 Å². The molecule has 0 unspecified atom stereocenters. The van der Waals surface area contributed by atoms with Gasteiger partial charge in [0.15, 0.2) is 34.9 Å². The van der Waals surface area contributed by atoms with Crippen LogP contribution in [0.1, 0.15) is 55.7 Å². The first-order chi connectivity index (χ1) is 26.1. The number of hydrogen-bond donors (Lipinski definition) is 2. The minimum absolute atomic E-state index is 0. The standard InChI is InChI=1S/C16H15F6N5O.C16H13F6N5O.2CH4/c2*17-10-6-12(19)11(18)4-8(10)3-9(23)5-14(28)26-1-2-27-13(7-26)24-25-15(27)16(20,21)22;;/h4,6,9H,1-3,5,7,23H2;4-6H,1-3,7,23H2;2*1H4/b;9-5-;;/t9-;;;/m1.../s1. The number of rotatable bonds is 7. The largest absolute Gasteiger partial charge is 0.451 e. The molecule has 58 heavy (non-hydrogen) atoms. The molecule has 4 heterocycles. The van der Waals surface area contributed by atoms with Gasteiger partial charge in [-0.25, -0.2) is 26.3 Å². The van der Waals surface area contributed by atoms with E-state index in [1.54, 1.807) is 0 Å². The van der Waals surface area contributed by atoms with Gasteiger partial charge in [-0.3, -0.25) is 9.59 Å². The number of aromatic nitrogens is 6. The lowest BCUT2D eigenvalue weighted by Gasteiger charge is -2.29. The first kappa shape index (κ1) is 46.7. The molecule has 0 bridgehead atoms. The number of nitrogens with zero attached hydrogens (tertiary/aromatic N) is 8. The van der Waals surface area contributed by atoms with Gasteiger partial charge in [-0.05, 0) is 29.7 Å². The lowest BCUT2D eigenvalue weighted by atomic mass is 10.0. The maximum atomic E-state index is 13.7. The number of halogens is 12. The maximum Gasteiger partial charge on any atom is 0.451 e. The second kappa shape index (κ2) is 18.3. The van der Waals surface area contributed by atoms with Crippen LogP contribution < -0.4 is 11.5 Å². The van der Waals surface area contributed by atoms with E-state index in [9.17, 15) is 62.3 Å². The number of fused-ring (bicyclic) bond motifs is 2. The van der Waals surface area contributed by atoms with Crippen LogP contribution in [0, 0.1) is 34.9 Å². The molecular weight excluding hydrogens is 808 g/mol. The van der Waals surface area contributed by atoms with E-state index in [4.69, 9.17) is 11.5 Å². The minimum Gasteiger partial charge on any atom is -0.402 e. The van der Waals surface area contributed by atoms with Gasteiger partial charge in [-0.2, -0.15) is 26.3 Å². The Labute approximate surface area is 322 Å². The zero-order valence-corrected chi connectivity index (χ0v) is 28.4. The van der Waals surface area contributed by atoms with Gasteiger partial charge in [0.1, 0.15) is 11.6 Å². The molecule has 24 heteroatoms. The van der Waals surface area contributed by atoms with E-state index in [2.05, 4.69) is 20.4 Å². The maximum absolute atomic E-state index is 13.7. The van der Waals surface area contributed by atoms with Gasteiger partial charge in [0.25, 0.3) is 0 Å². The van der Waals surface area contributed by atoms with Crippen LogP contribution in [0.15, 0.2) is 36.0 Å². The number of amides is 2. The third-order valence-electron chi connectivity index (χ3n) is 8.48. The van der Waals surface area contributed by atoms with E-state index in [0.29, 0.717) is 24.3 Å². The van der Waals surface area contributed by atoms with Crippen molar-refractivity contribution < 1.29 is 62.3 Å². The molecule has 0 aliphatic carbocycles. The monoisotopic (exact) mass is 844 g/mol. The lowest BCUT2D eigenvalue weighted by Crippen LogP contribution is -2.42. The van der Waals surface area contributed by atoms with Crippen molar-refractivity contribution in [3.63, 3.8) is 0 Å². The first-order valence-corrected chi connectivity index (χ1v) is 16.2. The molecular formula is C34H36F12N10O2. The Morgan fingerprint density at radius 2 is 1.09 bits per heavy atom. The normalized spacial score (nSPS) is 14.7. The molecule has 12 nitrogen and oxygen atoms in total. The van der Waals surface area contributed by atoms with Crippen LogP contribution in [0.2, 0.25) is 0 Å². The van der Waals surface area contributed by atoms with Crippen LogP contribution in [-0.4, -0.2) is 70.3 Å². The Morgan fingerprint density at radius 3 is 1.59 bits per heavy atom. The molecule has 6 rings (SSSR count). The van der Waals surface area contributed by atoms with Crippen molar-refractivity contribution in [3.05, 3.63) is 105 Å². The molecule has 0 saturated heterocycles. The summed E-state index contributed by atoms with van der Waals surface area (Å²) in [6.07, 6.45) is -9.16. The highest BCUT2D eigenvalue weighted by Crippen LogP contribution is 2.31. The molecule has 2 aromatic carbocycles. The SMILES string of the molecule is C.C.N/C(=C\C(=O)N1CCn2c(nnc2C(F)(F)F)C1)Cc1cc(F)c(F)cc1F.N[C@@H](CC(=O)N1CCn2c(nnc2C(F)(F)F)C1)Cc1cc(F)c(F)cc1F. The summed E-state index contributed by atoms with van der Waals surface area (Å²) in [6.45, 7) is -0.723. The summed E-state index contributed by atoms with van der Waals surface area (Å²) in [6, 6.07) is 1.19. The summed E-state index contributed by atoms with van der Waals surface area (Å²) in [7, 11) is 0. The highest BCUT2D eigenvalue weighted by Gasteiger charge is 2.41. The van der Waals surface area contributed by atoms with E-state index < -0.39 is 76.8 Å². The van der Waals surface area contributed by atoms with Crippen LogP contribution >= 0.6 is 0 Å². The molecule has 2 aromatic heterocycles. The van der Waals surface area contributed by atoms with Crippen LogP contribution in [0.25, 0.3) is 0 Å². The van der Waals surface area contributed by atoms with Crippen molar-refractivity contribution in [2.24, 2.45) is 11.5 Å². The van der Waals surface area contributed by atoms with Gasteiger partial charge in [0.2, 0.25) is 23.5 Å². The van der Waals surface area contributed by atoms with Crippen LogP contribution in [0.5, 0.6) is 0 Å². The van der Waals surface area contributed by atoms with Crippen LogP contribution in [0.4, 0.5) is 52.7 Å². The summed E-state index contributed by atoms with van der Waals surface area (Å²) in [5.74, 6) is -10.6. The Bertz CT molecular complexity index is 2150. The summed E-state index contributed by atoms with van der Waals surface area (Å²) >= 11 is 0. The highest BCUT2D eigenvalue weighted by atomic mass is 19.4. The smallest absolute Gasteiger partial charge is 0.402 e. The average molecular weight is 845 g/mol. The van der Waals surface area contributed by atoms with Gasteiger partial charge >= 0.3 is 12.4 Å². The van der Waals surface area contributed by atoms with Crippen molar-refractivity contribution >= 4 is 11.8 Å². The molecule has 0 spiro atoms. The van der Waals surface area contributed by atoms with Crippen LogP contribution in [0.3, 0.4) is 0 Å². The average Bonchev–Trinajstić information content (AvgIpc) is 3.74. The lowest BCUT2D eigenvalue weighted by molar-refractivity contribution is -0.149. The van der Waals surface area contributed by atoms with Gasteiger partial charge in [-0.15, -0.1) is 20.4 Å². The summed E-state index contributed by atoms with van der Waals surface area (Å²) in [5, 5.41) is 13.2. The molecule has 4 N–H and O–H groups in total. The summed E-state index contributed by atoms with van der Waals surface area (Å²) in [5.41, 5.74) is 10.9. The fourth-order valence-electron chi connectivity index (χ4n) is 5.78. The number of hydrogen-bond acceptors (Lipinski definition) is 8. The molecule has 1 atom stereocenters. The number of allylic oxidation sites excluding steroid dienone is 1. The van der Waals surface area contributed by atoms with Crippen molar-refractivity contribution in [1.82, 2.24) is 39.3 Å². The van der Waals surface area contributed by atoms with Crippen molar-refractivity contribution in [3.8, 4) is 0 Å². The molecule has 318 valence electrons. The number of benzene rings is 2. The molecule has 0 fully saturated rings. The second-order valence-corrected chi connectivity index (χ2v) is 12.5. The summed E-state index contributed by atoms with van der Waals surface area (Å²) < 4.78 is 158. The number of nitrogens with two attached hydrogens (primary N) is 2. The second-order valence-electron chi connectivity index (χ2n) is 12.5. The predicted molar refractivity (Wildman–Crippen MR) is 179 cm³/mol. The highest BCUT2D eigenvalue weighted by molar-refractivity contribution is 5.88. The number of alkyl halides is 6. The third-order valence-corrected chi connectivity index (χ3v) is 8.48. The topological polar surface area (TPSA) is 154 Å². The van der Waals surface area contributed by atoms with Gasteiger partial charge in [0, 0.05) is 69.0 Å². The zero-order valence-electron chi connectivity index (χ0n) is 28.4. The Morgan fingerprint density at radius 1 is 0.655 bits per heavy atom.